The van der Waals surface area contributed by atoms with Crippen LogP contribution >= 0.6 is 0 Å². The molecule has 18 aromatic rings. The zero-order chi connectivity index (χ0) is 72.2. The highest BCUT2D eigenvalue weighted by Gasteiger charge is 2.31. The van der Waals surface area contributed by atoms with Crippen molar-refractivity contribution in [1.29, 1.82) is 10.5 Å². The Bertz CT molecular complexity index is 6120. The van der Waals surface area contributed by atoms with Gasteiger partial charge in [-0.3, -0.25) is 0 Å². The van der Waals surface area contributed by atoms with E-state index in [0.29, 0.717) is 16.9 Å². The molecule has 8 aromatic heterocycles. The van der Waals surface area contributed by atoms with Gasteiger partial charge in [-0.05, 0) is 84.9 Å². The summed E-state index contributed by atoms with van der Waals surface area (Å²) in [6.45, 7) is 0. The number of para-hydroxylation sites is 12. The Morgan fingerprint density at radius 2 is 0.577 bits per heavy atom. The molecule has 22 heteroatoms. The van der Waals surface area contributed by atoms with Gasteiger partial charge in [0, 0.05) is 42.5 Å². The highest BCUT2D eigenvalue weighted by atomic mass is 19.1. The molecule has 18 rings (SSSR count). The zero-order valence-electron chi connectivity index (χ0n) is 58.1. The lowest BCUT2D eigenvalue weighted by Crippen LogP contribution is -2.25. The summed E-state index contributed by atoms with van der Waals surface area (Å²) in [7, 11) is 15.6. The molecule has 0 aliphatic carbocycles. The number of nitriles is 2. The summed E-state index contributed by atoms with van der Waals surface area (Å²) in [5.41, 5.74) is 16.5. The number of fused-ring (bicyclic) bond motifs is 6. The molecule has 0 spiro atoms. The molecule has 0 saturated carbocycles. The molecule has 0 amide bonds. The topological polar surface area (TPSA) is 118 Å². The number of rotatable bonds is 8. The van der Waals surface area contributed by atoms with Crippen molar-refractivity contribution in [3.05, 3.63) is 316 Å². The first kappa shape index (κ1) is 66.0. The summed E-state index contributed by atoms with van der Waals surface area (Å²) in [6.07, 6.45) is 23.4. The Hall–Kier alpha value is -13.9. The molecule has 0 N–H and O–H groups in total. The molecule has 0 atom stereocenters. The molecule has 0 fully saturated rings. The molecule has 508 valence electrons. The fourth-order valence-electron chi connectivity index (χ4n) is 13.7. The predicted molar refractivity (Wildman–Crippen MR) is 384 cm³/mol. The maximum Gasteiger partial charge on any atom is 0.249 e. The lowest BCUT2D eigenvalue weighted by atomic mass is 10.1. The van der Waals surface area contributed by atoms with Gasteiger partial charge in [0.25, 0.3) is 0 Å². The first-order valence-corrected chi connectivity index (χ1v) is 33.3. The van der Waals surface area contributed by atoms with Crippen molar-refractivity contribution in [2.24, 2.45) is 56.4 Å². The van der Waals surface area contributed by atoms with Crippen LogP contribution in [0, 0.1) is 45.9 Å². The smallest absolute Gasteiger partial charge is 0.239 e. The number of nitrogens with zero attached hydrogens (tertiary/aromatic N) is 18. The number of benzene rings is 10. The quantitative estimate of drug-likeness (QED) is 0.111. The molecule has 0 aliphatic heterocycles. The summed E-state index contributed by atoms with van der Waals surface area (Å²) < 4.78 is 91.2. The lowest BCUT2D eigenvalue weighted by Gasteiger charge is -2.07. The number of aromatic nitrogens is 16. The van der Waals surface area contributed by atoms with Crippen LogP contribution in [0.2, 0.25) is 0 Å². The van der Waals surface area contributed by atoms with Crippen LogP contribution in [0.3, 0.4) is 0 Å². The van der Waals surface area contributed by atoms with E-state index in [-0.39, 0.29) is 11.4 Å². The Morgan fingerprint density at radius 3 is 0.885 bits per heavy atom. The average molecular weight is 1380 g/mol. The summed E-state index contributed by atoms with van der Waals surface area (Å²) >= 11 is 0. The van der Waals surface area contributed by atoms with Gasteiger partial charge in [0.05, 0.1) is 68.0 Å². The largest absolute Gasteiger partial charge is 0.249 e. The second kappa shape index (κ2) is 27.0. The van der Waals surface area contributed by atoms with Crippen molar-refractivity contribution >= 4 is 66.2 Å². The van der Waals surface area contributed by atoms with E-state index in [0.717, 1.165) is 95.0 Å². The molecule has 18 nitrogen and oxygen atoms in total. The van der Waals surface area contributed by atoms with Gasteiger partial charge >= 0.3 is 0 Å². The Balaban J connectivity index is 0.000000113. The van der Waals surface area contributed by atoms with Gasteiger partial charge in [-0.15, -0.1) is 0 Å². The monoisotopic (exact) mass is 1380 g/mol. The number of halogens is 4. The maximum atomic E-state index is 15.3. The van der Waals surface area contributed by atoms with Gasteiger partial charge in [0.15, 0.2) is 112 Å². The van der Waals surface area contributed by atoms with E-state index in [1.807, 2.05) is 230 Å². The van der Waals surface area contributed by atoms with Crippen molar-refractivity contribution in [2.45, 2.75) is 0 Å². The van der Waals surface area contributed by atoms with Gasteiger partial charge < -0.3 is 0 Å². The SMILES string of the molecule is C[n+]1ccn(-c2cccc(-n3cc[n+](C)c3)c2)c1.C[n+]1cn(-c2cc(-n3c[n+](C)c4ccccc43)c(F)c(C#N)c2F)c2ccccc21.C[n+]1cn(-c2cc(-n3c[n+](C)c4ccccc43)c(F)cc2F)c2ccccc21.C[n+]1cn(-c2cc(C#N)cc(-n3c[n+](C)c4ccccc43)c2)c2ccccc21. The number of hydrogen-bond donors (Lipinski definition) is 0. The minimum Gasteiger partial charge on any atom is -0.239 e. The fraction of sp³-hybridized carbons (Fsp3) is 0.0976. The Labute approximate surface area is 594 Å². The molecule has 0 unspecified atom stereocenters. The van der Waals surface area contributed by atoms with Gasteiger partial charge in [0.2, 0.25) is 50.6 Å². The van der Waals surface area contributed by atoms with Gasteiger partial charge in [-0.1, -0.05) is 78.9 Å². The van der Waals surface area contributed by atoms with E-state index < -0.39 is 28.8 Å². The van der Waals surface area contributed by atoms with E-state index in [1.54, 1.807) is 55.7 Å². The highest BCUT2D eigenvalue weighted by Crippen LogP contribution is 2.32. The average Bonchev–Trinajstić information content (AvgIpc) is 1.77. The minimum atomic E-state index is -0.888. The second-order valence-corrected chi connectivity index (χ2v) is 25.6. The van der Waals surface area contributed by atoms with Gasteiger partial charge in [-0.2, -0.15) is 37.9 Å². The van der Waals surface area contributed by atoms with Crippen LogP contribution in [-0.4, -0.2) is 36.5 Å². The van der Waals surface area contributed by atoms with Crippen molar-refractivity contribution in [2.75, 3.05) is 0 Å². The predicted octanol–water partition coefficient (Wildman–Crippen LogP) is 10.9. The van der Waals surface area contributed by atoms with E-state index in [2.05, 4.69) is 126 Å². The van der Waals surface area contributed by atoms with Crippen molar-refractivity contribution < 1.29 is 54.1 Å². The third kappa shape index (κ3) is 12.0. The van der Waals surface area contributed by atoms with E-state index in [4.69, 9.17) is 0 Å². The summed E-state index contributed by atoms with van der Waals surface area (Å²) in [6, 6.07) is 69.4. The van der Waals surface area contributed by atoms with Crippen molar-refractivity contribution in [3.63, 3.8) is 0 Å². The van der Waals surface area contributed by atoms with E-state index in [1.165, 1.54) is 6.07 Å². The van der Waals surface area contributed by atoms with Crippen molar-refractivity contribution in [3.8, 4) is 57.6 Å². The molecule has 10 aromatic carbocycles. The first-order chi connectivity index (χ1) is 50.4. The van der Waals surface area contributed by atoms with Crippen LogP contribution in [0.25, 0.3) is 112 Å². The van der Waals surface area contributed by atoms with E-state index >= 15 is 8.78 Å². The van der Waals surface area contributed by atoms with E-state index in [9.17, 15) is 19.3 Å². The van der Waals surface area contributed by atoms with Crippen LogP contribution in [0.1, 0.15) is 11.1 Å². The van der Waals surface area contributed by atoms with Gasteiger partial charge in [0.1, 0.15) is 59.2 Å². The molecule has 8 heterocycles. The fourth-order valence-corrected chi connectivity index (χ4v) is 13.7. The van der Waals surface area contributed by atoms with Crippen LogP contribution < -0.4 is 36.5 Å². The molecule has 0 radical (unpaired) electrons. The zero-order valence-corrected chi connectivity index (χ0v) is 58.1. The molecule has 0 aliphatic rings. The highest BCUT2D eigenvalue weighted by molar-refractivity contribution is 5.80. The second-order valence-electron chi connectivity index (χ2n) is 25.6. The number of hydrogen-bond acceptors (Lipinski definition) is 2. The third-order valence-corrected chi connectivity index (χ3v) is 18.7. The van der Waals surface area contributed by atoms with Crippen LogP contribution in [-0.2, 0) is 56.4 Å². The third-order valence-electron chi connectivity index (χ3n) is 18.7. The van der Waals surface area contributed by atoms with Crippen LogP contribution in [0.15, 0.2) is 282 Å². The van der Waals surface area contributed by atoms with Crippen molar-refractivity contribution in [1.82, 2.24) is 36.5 Å². The Morgan fingerprint density at radius 1 is 0.288 bits per heavy atom. The Kier molecular flexibility index (Phi) is 17.1. The van der Waals surface area contributed by atoms with Crippen LogP contribution in [0.4, 0.5) is 17.6 Å². The van der Waals surface area contributed by atoms with Gasteiger partial charge in [-0.25, -0.2) is 63.2 Å². The summed E-state index contributed by atoms with van der Waals surface area (Å²) in [5, 5.41) is 19.2. The lowest BCUT2D eigenvalue weighted by molar-refractivity contribution is -0.670. The molecular weight excluding hydrogens is 1310 g/mol. The maximum absolute atomic E-state index is 15.3. The standard InChI is InChI=1S/C23H17F2N5.C23H19N5.C22H18F2N4.C14H16N4/c1-27-13-29(18-9-5-3-7-16(18)27)20-11-21(23(25)15(12-26)22(20)24)30-14-28(2)17-8-4-6-10-19(17)30;1-25-15-27(22-9-5-3-7-20(22)25)18-11-17(14-24)12-19(13-18)28-16-26(2)21-8-4-6-10-23(21)28;1-25-13-27(19-9-5-3-7-17(19)25)21-12-22(16(24)11-15(21)23)28-14-26(2)18-8-4-6-10-20(18)28;1-15-6-8-17(11-15)13-4-3-5-14(10-13)18-9-7-16(2)12-18/h3-11,13-14H,1-2H3;3-13,15-16H,1-2H3;3-14H,1-2H3;3-12H,1-2H3/q4*+2. The van der Waals surface area contributed by atoms with Crippen LogP contribution in [0.5, 0.6) is 0 Å². The summed E-state index contributed by atoms with van der Waals surface area (Å²) in [5.74, 6) is -2.99. The normalized spacial score (nSPS) is 11.2. The number of imidazole rings is 8. The molecule has 0 saturated heterocycles. The summed E-state index contributed by atoms with van der Waals surface area (Å²) in [4.78, 5) is 0. The molecular formula is C82H70F4N18+8. The molecule has 104 heavy (non-hydrogen) atoms. The number of aryl methyl sites for hydroxylation is 8. The minimum absolute atomic E-state index is 0.111. The molecule has 0 bridgehead atoms. The first-order valence-electron chi connectivity index (χ1n) is 33.3.